The van der Waals surface area contributed by atoms with E-state index in [1.807, 2.05) is 0 Å². The van der Waals surface area contributed by atoms with Crippen LogP contribution in [-0.2, 0) is 14.3 Å². The highest BCUT2D eigenvalue weighted by atomic mass is 16.5. The second kappa shape index (κ2) is 52.6. The number of nitrogens with one attached hydrogen (secondary N) is 1. The molecule has 1 amide bonds. The molecule has 0 aromatic heterocycles. The lowest BCUT2D eigenvalue weighted by molar-refractivity contribution is -0.151. The number of aliphatic hydroxyl groups is 2. The fourth-order valence-corrected chi connectivity index (χ4v) is 9.19. The van der Waals surface area contributed by atoms with E-state index >= 15 is 0 Å². The number of allylic oxidation sites excluding steroid dienone is 2. The average Bonchev–Trinajstić information content (AvgIpc) is 3.29. The first-order valence-electron chi connectivity index (χ1n) is 28.9. The summed E-state index contributed by atoms with van der Waals surface area (Å²) in [6.07, 6.45) is 59.9. The molecule has 3 unspecified atom stereocenters. The first-order valence-corrected chi connectivity index (χ1v) is 28.9. The Hall–Kier alpha value is -1.40. The number of ether oxygens (including phenoxy) is 1. The maximum absolute atomic E-state index is 13.3. The van der Waals surface area contributed by atoms with Crippen molar-refractivity contribution in [2.45, 2.75) is 341 Å². The van der Waals surface area contributed by atoms with Gasteiger partial charge in [-0.3, -0.25) is 9.59 Å². The summed E-state index contributed by atoms with van der Waals surface area (Å²) in [4.78, 5) is 26.2. The van der Waals surface area contributed by atoms with Gasteiger partial charge in [0.05, 0.1) is 25.2 Å². The highest BCUT2D eigenvalue weighted by molar-refractivity contribution is 5.77. The maximum Gasteiger partial charge on any atom is 0.306 e. The van der Waals surface area contributed by atoms with Crippen LogP contribution in [0.5, 0.6) is 0 Å². The largest absolute Gasteiger partial charge is 0.462 e. The Morgan fingerprint density at radius 2 is 0.750 bits per heavy atom. The molecule has 3 atom stereocenters. The minimum atomic E-state index is -0.784. The van der Waals surface area contributed by atoms with Gasteiger partial charge in [0.15, 0.2) is 0 Å². The van der Waals surface area contributed by atoms with Crippen molar-refractivity contribution in [3.05, 3.63) is 12.2 Å². The van der Waals surface area contributed by atoms with Gasteiger partial charge < -0.3 is 20.3 Å². The molecule has 0 heterocycles. The summed E-state index contributed by atoms with van der Waals surface area (Å²) < 4.78 is 5.96. The molecule has 6 nitrogen and oxygen atoms in total. The van der Waals surface area contributed by atoms with Crippen LogP contribution < -0.4 is 5.32 Å². The second-order valence-electron chi connectivity index (χ2n) is 20.1. The van der Waals surface area contributed by atoms with Crippen molar-refractivity contribution in [3.63, 3.8) is 0 Å². The number of rotatable bonds is 53. The monoisotopic (exact) mass is 904 g/mol. The van der Waals surface area contributed by atoms with Crippen LogP contribution in [0.3, 0.4) is 0 Å². The van der Waals surface area contributed by atoms with Crippen molar-refractivity contribution in [1.82, 2.24) is 5.32 Å². The predicted octanol–water partition coefficient (Wildman–Crippen LogP) is 17.7. The number of carbonyl (C=O) groups is 2. The molecule has 0 saturated carbocycles. The first-order chi connectivity index (χ1) is 31.5. The van der Waals surface area contributed by atoms with Crippen molar-refractivity contribution in [1.29, 1.82) is 0 Å². The molecule has 0 saturated heterocycles. The van der Waals surface area contributed by atoms with E-state index in [4.69, 9.17) is 4.74 Å². The molecule has 0 fully saturated rings. The summed E-state index contributed by atoms with van der Waals surface area (Å²) in [5, 5.41) is 23.9. The Kier molecular flexibility index (Phi) is 51.4. The van der Waals surface area contributed by atoms with E-state index in [-0.39, 0.29) is 24.9 Å². The van der Waals surface area contributed by atoms with Crippen molar-refractivity contribution >= 4 is 11.9 Å². The van der Waals surface area contributed by atoms with Crippen molar-refractivity contribution in [2.24, 2.45) is 0 Å². The average molecular weight is 905 g/mol. The Morgan fingerprint density at radius 3 is 1.11 bits per heavy atom. The fourth-order valence-electron chi connectivity index (χ4n) is 9.19. The molecule has 6 heteroatoms. The van der Waals surface area contributed by atoms with Gasteiger partial charge in [-0.05, 0) is 51.4 Å². The molecule has 0 aliphatic carbocycles. The van der Waals surface area contributed by atoms with Crippen molar-refractivity contribution in [2.75, 3.05) is 6.61 Å². The minimum Gasteiger partial charge on any atom is -0.462 e. The Bertz CT molecular complexity index is 970. The predicted molar refractivity (Wildman–Crippen MR) is 278 cm³/mol. The molecular formula is C58H113NO5. The normalized spacial score (nSPS) is 13.1. The summed E-state index contributed by atoms with van der Waals surface area (Å²) in [5.41, 5.74) is 0. The van der Waals surface area contributed by atoms with Gasteiger partial charge in [-0.1, -0.05) is 270 Å². The lowest BCUT2D eigenvalue weighted by atomic mass is 10.0. The number of hydrogen-bond acceptors (Lipinski definition) is 5. The fraction of sp³-hybridized carbons (Fsp3) is 0.931. The van der Waals surface area contributed by atoms with Gasteiger partial charge in [0, 0.05) is 6.42 Å². The van der Waals surface area contributed by atoms with Crippen LogP contribution in [0.1, 0.15) is 323 Å². The topological polar surface area (TPSA) is 95.9 Å². The third kappa shape index (κ3) is 47.1. The number of carbonyl (C=O) groups excluding carboxylic acids is 2. The number of hydrogen-bond donors (Lipinski definition) is 3. The Morgan fingerprint density at radius 1 is 0.438 bits per heavy atom. The highest BCUT2D eigenvalue weighted by Gasteiger charge is 2.24. The maximum atomic E-state index is 13.3. The quantitative estimate of drug-likeness (QED) is 0.0321. The summed E-state index contributed by atoms with van der Waals surface area (Å²) >= 11 is 0. The highest BCUT2D eigenvalue weighted by Crippen LogP contribution is 2.19. The van der Waals surface area contributed by atoms with Crippen LogP contribution in [-0.4, -0.2) is 46.9 Å². The molecule has 380 valence electrons. The van der Waals surface area contributed by atoms with E-state index in [0.29, 0.717) is 19.3 Å². The van der Waals surface area contributed by atoms with E-state index in [2.05, 4.69) is 38.2 Å². The Balaban J connectivity index is 4.51. The molecule has 0 aromatic carbocycles. The van der Waals surface area contributed by atoms with Gasteiger partial charge in [-0.15, -0.1) is 0 Å². The number of aliphatic hydroxyl groups excluding tert-OH is 2. The van der Waals surface area contributed by atoms with Gasteiger partial charge in [0.1, 0.15) is 6.10 Å². The summed E-state index contributed by atoms with van der Waals surface area (Å²) in [6.45, 7) is 6.52. The molecule has 0 spiro atoms. The van der Waals surface area contributed by atoms with E-state index in [1.165, 1.54) is 225 Å². The van der Waals surface area contributed by atoms with E-state index in [9.17, 15) is 19.8 Å². The molecule has 0 aromatic rings. The zero-order valence-corrected chi connectivity index (χ0v) is 43.4. The van der Waals surface area contributed by atoms with Crippen LogP contribution in [0.25, 0.3) is 0 Å². The number of unbranched alkanes of at least 4 members (excludes halogenated alkanes) is 39. The van der Waals surface area contributed by atoms with Crippen LogP contribution in [0.15, 0.2) is 12.2 Å². The summed E-state index contributed by atoms with van der Waals surface area (Å²) in [7, 11) is 0. The standard InChI is InChI=1S/C58H113NO5/c1-4-7-10-13-16-19-22-25-27-28-30-32-34-37-40-43-46-49-54(64-58(63)51-48-45-42-39-36-31-24-21-18-15-12-9-6-3)52-57(62)59-55(53-60)56(61)50-47-44-41-38-35-33-29-26-23-20-17-14-11-8-5-2/h25,27,54-56,60-61H,4-24,26,28-53H2,1-3H3,(H,59,62)/b27-25+. The summed E-state index contributed by atoms with van der Waals surface area (Å²) in [6, 6.07) is -0.697. The minimum absolute atomic E-state index is 0.0822. The smallest absolute Gasteiger partial charge is 0.306 e. The lowest BCUT2D eigenvalue weighted by Crippen LogP contribution is -2.46. The molecule has 3 N–H and O–H groups in total. The third-order valence-corrected chi connectivity index (χ3v) is 13.6. The zero-order chi connectivity index (χ0) is 46.7. The van der Waals surface area contributed by atoms with Crippen LogP contribution in [0.4, 0.5) is 0 Å². The van der Waals surface area contributed by atoms with Gasteiger partial charge >= 0.3 is 5.97 Å². The van der Waals surface area contributed by atoms with E-state index in [0.717, 1.165) is 51.4 Å². The van der Waals surface area contributed by atoms with Crippen molar-refractivity contribution in [3.8, 4) is 0 Å². The van der Waals surface area contributed by atoms with Crippen LogP contribution >= 0.6 is 0 Å². The number of amides is 1. The SMILES string of the molecule is CCCCCCCC/C=C/CCCCCCCCCC(CC(=O)NC(CO)C(O)CCCCCCCCCCCCCCCCC)OC(=O)CCCCCCCCCCCCCCC. The first kappa shape index (κ1) is 62.6. The van der Waals surface area contributed by atoms with E-state index < -0.39 is 18.2 Å². The molecule has 0 aliphatic rings. The van der Waals surface area contributed by atoms with Crippen molar-refractivity contribution < 1.29 is 24.5 Å². The second-order valence-corrected chi connectivity index (χ2v) is 20.1. The molecule has 64 heavy (non-hydrogen) atoms. The molecule has 0 rings (SSSR count). The van der Waals surface area contributed by atoms with Gasteiger partial charge in [-0.25, -0.2) is 0 Å². The van der Waals surface area contributed by atoms with Gasteiger partial charge in [-0.2, -0.15) is 0 Å². The Labute approximate surface area is 399 Å². The van der Waals surface area contributed by atoms with E-state index in [1.54, 1.807) is 0 Å². The van der Waals surface area contributed by atoms with Gasteiger partial charge in [0.2, 0.25) is 5.91 Å². The van der Waals surface area contributed by atoms with Gasteiger partial charge in [0.25, 0.3) is 0 Å². The molecule has 0 aliphatic heterocycles. The lowest BCUT2D eigenvalue weighted by Gasteiger charge is -2.24. The molecular weight excluding hydrogens is 791 g/mol. The third-order valence-electron chi connectivity index (χ3n) is 13.6. The van der Waals surface area contributed by atoms with Crippen LogP contribution in [0, 0.1) is 0 Å². The van der Waals surface area contributed by atoms with Crippen LogP contribution in [0.2, 0.25) is 0 Å². The number of esters is 1. The summed E-state index contributed by atoms with van der Waals surface area (Å²) in [5.74, 6) is -0.455. The molecule has 0 bridgehead atoms. The zero-order valence-electron chi connectivity index (χ0n) is 43.4. The molecule has 0 radical (unpaired) electrons.